The summed E-state index contributed by atoms with van der Waals surface area (Å²) in [4.78, 5) is 27.4. The van der Waals surface area contributed by atoms with Gasteiger partial charge in [0.05, 0.1) is 0 Å². The fourth-order valence-corrected chi connectivity index (χ4v) is 12.1. The average Bonchev–Trinajstić information content (AvgIpc) is 3.03. The molecule has 10 heteroatoms. The maximum atomic E-state index is 12.1. The van der Waals surface area contributed by atoms with Crippen molar-refractivity contribution >= 4 is 58.7 Å². The van der Waals surface area contributed by atoms with Crippen molar-refractivity contribution in [3.05, 3.63) is 116 Å². The number of carbonyl (C=O) groups is 2. The summed E-state index contributed by atoms with van der Waals surface area (Å²) in [5, 5.41) is 1.21. The number of benzene rings is 3. The van der Waals surface area contributed by atoms with E-state index in [1.165, 1.54) is 5.29 Å². The van der Waals surface area contributed by atoms with E-state index in [0.29, 0.717) is 11.5 Å². The number of hydrogen-bond acceptors (Lipinski definition) is 9. The molecule has 3 aromatic rings. The zero-order chi connectivity index (χ0) is 31.0. The molecule has 3 aromatic carbocycles. The Balaban J connectivity index is 1.68. The van der Waals surface area contributed by atoms with Crippen LogP contribution in [0.3, 0.4) is 0 Å². The van der Waals surface area contributed by atoms with Gasteiger partial charge in [-0.2, -0.15) is 0 Å². The number of ether oxygens (including phenoxy) is 2. The zero-order valence-corrected chi connectivity index (χ0v) is 27.8. The van der Waals surface area contributed by atoms with Crippen LogP contribution in [0, 0.1) is 0 Å². The van der Waals surface area contributed by atoms with Crippen LogP contribution in [-0.4, -0.2) is 54.2 Å². The minimum atomic E-state index is -2.84. The summed E-state index contributed by atoms with van der Waals surface area (Å²) in [6.45, 7) is 4.34. The third kappa shape index (κ3) is 11.1. The van der Waals surface area contributed by atoms with Crippen molar-refractivity contribution in [3.8, 4) is 0 Å². The first kappa shape index (κ1) is 34.2. The second-order valence-electron chi connectivity index (χ2n) is 9.69. The van der Waals surface area contributed by atoms with Crippen molar-refractivity contribution in [2.75, 3.05) is 24.7 Å². The van der Waals surface area contributed by atoms with Crippen LogP contribution in [0.25, 0.3) is 0 Å². The van der Waals surface area contributed by atoms with Crippen molar-refractivity contribution in [2.24, 2.45) is 0 Å². The van der Waals surface area contributed by atoms with Gasteiger partial charge < -0.3 is 18.5 Å². The third-order valence-electron chi connectivity index (χ3n) is 6.38. The van der Waals surface area contributed by atoms with E-state index in [0.717, 1.165) is 46.1 Å². The summed E-state index contributed by atoms with van der Waals surface area (Å²) in [6.07, 6.45) is 4.17. The van der Waals surface area contributed by atoms with E-state index in [2.05, 4.69) is 13.2 Å². The van der Waals surface area contributed by atoms with Gasteiger partial charge in [-0.15, -0.1) is 23.5 Å². The quantitative estimate of drug-likeness (QED) is 0.0573. The molecule has 1 fully saturated rings. The largest absolute Gasteiger partial charge is 0.460 e. The van der Waals surface area contributed by atoms with Gasteiger partial charge in [0.15, 0.2) is 6.54 Å². The van der Waals surface area contributed by atoms with Crippen LogP contribution in [0.15, 0.2) is 131 Å². The summed E-state index contributed by atoms with van der Waals surface area (Å²) in [7, 11) is 0. The molecule has 232 valence electrons. The highest BCUT2D eigenvalue weighted by Crippen LogP contribution is 2.69. The fraction of sp³-hybridized carbons (Fsp3) is 0.265. The van der Waals surface area contributed by atoms with E-state index < -0.39 is 30.7 Å². The van der Waals surface area contributed by atoms with Gasteiger partial charge in [0.1, 0.15) is 25.4 Å². The number of thioether (sulfide) groups is 2. The highest BCUT2D eigenvalue weighted by Gasteiger charge is 2.36. The zero-order valence-electron chi connectivity index (χ0n) is 24.5. The minimum absolute atomic E-state index is 0.0489. The molecule has 2 atom stereocenters. The van der Waals surface area contributed by atoms with E-state index in [1.807, 2.05) is 91.0 Å². The van der Waals surface area contributed by atoms with Gasteiger partial charge in [-0.1, -0.05) is 67.8 Å². The van der Waals surface area contributed by atoms with Crippen LogP contribution in [0.1, 0.15) is 19.3 Å². The lowest BCUT2D eigenvalue weighted by atomic mass is 10.0. The Morgan fingerprint density at radius 3 is 1.45 bits per heavy atom. The Morgan fingerprint density at radius 2 is 1.09 bits per heavy atom. The smallest absolute Gasteiger partial charge is 0.330 e. The third-order valence-corrected chi connectivity index (χ3v) is 14.4. The summed E-state index contributed by atoms with van der Waals surface area (Å²) in [6, 6.07) is 30.1. The summed E-state index contributed by atoms with van der Waals surface area (Å²) in [5.41, 5.74) is 0. The van der Waals surface area contributed by atoms with Crippen molar-refractivity contribution in [2.45, 2.75) is 46.2 Å². The molecule has 0 heterocycles. The predicted octanol–water partition coefficient (Wildman–Crippen LogP) is 8.71. The highest BCUT2D eigenvalue weighted by atomic mass is 32.7. The normalized spacial score (nSPS) is 15.2. The first-order valence-corrected chi connectivity index (χ1v) is 19.3. The standard InChI is InChI=1S/C34H37O6PS3/c1-3-33(35)37-23-27(25-42-30-17-8-5-9-18-30)39-41(29-15-14-16-29,44-32-21-12-7-13-22-32)40-28(24-38-34(36)4-2)26-43-31-19-10-6-11-20-31/h3-13,17-22,27-28H,1-2,14-16,23-26H2. The highest BCUT2D eigenvalue weighted by molar-refractivity contribution is 8.58. The van der Waals surface area contributed by atoms with Crippen molar-refractivity contribution in [1.29, 1.82) is 0 Å². The molecule has 4 rings (SSSR count). The molecule has 1 aliphatic carbocycles. The summed E-state index contributed by atoms with van der Waals surface area (Å²) >= 11 is 4.86. The van der Waals surface area contributed by atoms with E-state index in [-0.39, 0.29) is 13.2 Å². The molecule has 0 spiro atoms. The number of carbonyl (C=O) groups excluding carboxylic acids is 2. The number of rotatable bonds is 18. The van der Waals surface area contributed by atoms with Gasteiger partial charge in [-0.3, -0.25) is 0 Å². The molecular weight excluding hydrogens is 632 g/mol. The minimum Gasteiger partial charge on any atom is -0.460 e. The van der Waals surface area contributed by atoms with E-state index in [9.17, 15) is 9.59 Å². The Labute approximate surface area is 272 Å². The molecule has 0 aliphatic heterocycles. The topological polar surface area (TPSA) is 71.1 Å². The second-order valence-corrected chi connectivity index (χ2v) is 16.6. The summed E-state index contributed by atoms with van der Waals surface area (Å²) in [5.74, 6) is 0.0657. The van der Waals surface area contributed by atoms with Gasteiger partial charge in [-0.05, 0) is 72.3 Å². The van der Waals surface area contributed by atoms with E-state index in [4.69, 9.17) is 18.5 Å². The molecule has 0 amide bonds. The SMILES string of the molecule is C=CC(=O)OCC(CSc1ccccc1)OP(OC(COC(=O)C=C)CSc1ccccc1)(Sc1ccccc1)=C1CCC1. The first-order chi connectivity index (χ1) is 21.5. The maximum Gasteiger partial charge on any atom is 0.330 e. The molecular formula is C34H37O6PS3. The maximum absolute atomic E-state index is 12.1. The molecule has 0 N–H and O–H groups in total. The summed E-state index contributed by atoms with van der Waals surface area (Å²) < 4.78 is 25.3. The average molecular weight is 669 g/mol. The van der Waals surface area contributed by atoms with Crippen LogP contribution in [-0.2, 0) is 28.1 Å². The molecule has 0 bridgehead atoms. The lowest BCUT2D eigenvalue weighted by Gasteiger charge is -2.38. The first-order valence-electron chi connectivity index (χ1n) is 14.3. The van der Waals surface area contributed by atoms with Crippen LogP contribution < -0.4 is 0 Å². The lowest BCUT2D eigenvalue weighted by molar-refractivity contribution is -0.140. The molecule has 0 saturated heterocycles. The van der Waals surface area contributed by atoms with Crippen LogP contribution >= 0.6 is 41.4 Å². The number of hydrogen-bond donors (Lipinski definition) is 0. The van der Waals surface area contributed by atoms with Gasteiger partial charge in [0.25, 0.3) is 0 Å². The monoisotopic (exact) mass is 668 g/mol. The second kappa shape index (κ2) is 18.4. The van der Waals surface area contributed by atoms with Crippen molar-refractivity contribution in [1.82, 2.24) is 0 Å². The Morgan fingerprint density at radius 1 is 0.682 bits per heavy atom. The van der Waals surface area contributed by atoms with Gasteiger partial charge in [0, 0.05) is 38.3 Å². The van der Waals surface area contributed by atoms with Gasteiger partial charge in [-0.25, -0.2) is 9.59 Å². The molecule has 1 saturated carbocycles. The van der Waals surface area contributed by atoms with Crippen molar-refractivity contribution < 1.29 is 28.1 Å². The van der Waals surface area contributed by atoms with Crippen LogP contribution in [0.2, 0.25) is 0 Å². The van der Waals surface area contributed by atoms with E-state index in [1.54, 1.807) is 34.9 Å². The molecule has 1 aliphatic rings. The van der Waals surface area contributed by atoms with Crippen LogP contribution in [0.4, 0.5) is 0 Å². The Kier molecular flexibility index (Phi) is 14.3. The Bertz CT molecular complexity index is 1340. The molecule has 6 nitrogen and oxygen atoms in total. The number of esters is 2. The van der Waals surface area contributed by atoms with Gasteiger partial charge >= 0.3 is 11.9 Å². The molecule has 2 unspecified atom stereocenters. The molecule has 0 radical (unpaired) electrons. The van der Waals surface area contributed by atoms with Crippen molar-refractivity contribution in [3.63, 3.8) is 0 Å². The van der Waals surface area contributed by atoms with E-state index >= 15 is 0 Å². The Hall–Kier alpha value is -2.65. The lowest BCUT2D eigenvalue weighted by Crippen LogP contribution is -2.29. The predicted molar refractivity (Wildman–Crippen MR) is 184 cm³/mol. The fourth-order valence-electron chi connectivity index (χ4n) is 4.00. The van der Waals surface area contributed by atoms with Gasteiger partial charge in [0.2, 0.25) is 0 Å². The van der Waals surface area contributed by atoms with Crippen LogP contribution in [0.5, 0.6) is 0 Å². The molecule has 0 aromatic heterocycles. The molecule has 44 heavy (non-hydrogen) atoms.